The van der Waals surface area contributed by atoms with Crippen molar-refractivity contribution in [3.63, 3.8) is 0 Å². The zero-order valence-corrected chi connectivity index (χ0v) is 17.6. The molecule has 2 aliphatic rings. The molecule has 0 saturated heterocycles. The Hall–Kier alpha value is -3.07. The van der Waals surface area contributed by atoms with E-state index in [1.54, 1.807) is 30.0 Å². The van der Waals surface area contributed by atoms with Crippen molar-refractivity contribution in [2.75, 3.05) is 19.8 Å². The molecule has 0 radical (unpaired) electrons. The minimum absolute atomic E-state index is 0.170. The van der Waals surface area contributed by atoms with E-state index in [1.165, 1.54) is 6.07 Å². The molecule has 0 aromatic heterocycles. The maximum absolute atomic E-state index is 13.1. The number of nitrogens with zero attached hydrogens (tertiary/aromatic N) is 2. The van der Waals surface area contributed by atoms with Crippen molar-refractivity contribution in [2.45, 2.75) is 31.3 Å². The quantitative estimate of drug-likeness (QED) is 0.783. The summed E-state index contributed by atoms with van der Waals surface area (Å²) in [5.74, 6) is 1.32. The summed E-state index contributed by atoms with van der Waals surface area (Å²) in [5, 5.41) is 0. The van der Waals surface area contributed by atoms with E-state index in [2.05, 4.69) is 9.71 Å². The fraction of sp³-hybridized carbons (Fsp3) is 0.333. The van der Waals surface area contributed by atoms with Gasteiger partial charge in [0.2, 0.25) is 5.91 Å². The van der Waals surface area contributed by atoms with Crippen LogP contribution in [-0.4, -0.2) is 50.9 Å². The molecule has 158 valence electrons. The summed E-state index contributed by atoms with van der Waals surface area (Å²) in [7, 11) is -3.65. The first kappa shape index (κ1) is 20.2. The number of benzene rings is 2. The van der Waals surface area contributed by atoms with Gasteiger partial charge in [0.25, 0.3) is 10.0 Å². The van der Waals surface area contributed by atoms with E-state index in [9.17, 15) is 13.2 Å². The van der Waals surface area contributed by atoms with Crippen LogP contribution < -0.4 is 14.2 Å². The second-order valence-electron chi connectivity index (χ2n) is 7.05. The maximum atomic E-state index is 13.1. The van der Waals surface area contributed by atoms with Gasteiger partial charge in [0, 0.05) is 24.2 Å². The number of rotatable bonds is 5. The number of aliphatic imine (C=N–C) groups is 1. The van der Waals surface area contributed by atoms with Gasteiger partial charge in [0.05, 0.1) is 4.90 Å². The number of fused-ring (bicyclic) bond motifs is 2. The number of ether oxygens (including phenoxy) is 2. The normalized spacial score (nSPS) is 18.4. The van der Waals surface area contributed by atoms with Crippen LogP contribution >= 0.6 is 0 Å². The number of likely N-dealkylation sites (N-methyl/N-ethyl adjacent to an activating group) is 1. The van der Waals surface area contributed by atoms with Gasteiger partial charge in [-0.05, 0) is 32.0 Å². The molecule has 0 saturated carbocycles. The van der Waals surface area contributed by atoms with Gasteiger partial charge in [-0.15, -0.1) is 0 Å². The fourth-order valence-electron chi connectivity index (χ4n) is 3.55. The number of amidine groups is 1. The zero-order valence-electron chi connectivity index (χ0n) is 16.8. The van der Waals surface area contributed by atoms with Crippen LogP contribution in [0.25, 0.3) is 0 Å². The molecule has 30 heavy (non-hydrogen) atoms. The lowest BCUT2D eigenvalue weighted by molar-refractivity contribution is -0.132. The summed E-state index contributed by atoms with van der Waals surface area (Å²) in [6.45, 7) is 5.33. The first-order valence-corrected chi connectivity index (χ1v) is 11.3. The van der Waals surface area contributed by atoms with Gasteiger partial charge in [-0.3, -0.25) is 14.5 Å². The SMILES string of the molecule is CCN(Cc1cccc2c1OCCO2)C(=O)[C@H](C)N=C1NS(=O)(=O)c2ccccc21. The Morgan fingerprint density at radius 3 is 2.73 bits per heavy atom. The van der Waals surface area contributed by atoms with E-state index >= 15 is 0 Å². The lowest BCUT2D eigenvalue weighted by Gasteiger charge is -2.26. The highest BCUT2D eigenvalue weighted by molar-refractivity contribution is 7.90. The third-order valence-electron chi connectivity index (χ3n) is 5.05. The lowest BCUT2D eigenvalue weighted by Crippen LogP contribution is -2.38. The van der Waals surface area contributed by atoms with Gasteiger partial charge in [-0.25, -0.2) is 8.42 Å². The zero-order chi connectivity index (χ0) is 21.3. The van der Waals surface area contributed by atoms with E-state index in [1.807, 2.05) is 25.1 Å². The molecule has 0 spiro atoms. The second-order valence-corrected chi connectivity index (χ2v) is 8.70. The maximum Gasteiger partial charge on any atom is 0.263 e. The average Bonchev–Trinajstić information content (AvgIpc) is 3.01. The molecule has 4 rings (SSSR count). The Bertz CT molecular complexity index is 1110. The number of hydrogen-bond acceptors (Lipinski definition) is 6. The molecule has 2 heterocycles. The Balaban J connectivity index is 1.56. The predicted octanol–water partition coefficient (Wildman–Crippen LogP) is 1.93. The molecule has 0 fully saturated rings. The molecule has 2 aliphatic heterocycles. The highest BCUT2D eigenvalue weighted by Crippen LogP contribution is 2.34. The fourth-order valence-corrected chi connectivity index (χ4v) is 4.79. The van der Waals surface area contributed by atoms with Gasteiger partial charge in [-0.1, -0.05) is 24.3 Å². The van der Waals surface area contributed by atoms with Crippen molar-refractivity contribution in [1.82, 2.24) is 9.62 Å². The van der Waals surface area contributed by atoms with E-state index in [0.717, 1.165) is 5.56 Å². The number of nitrogens with one attached hydrogen (secondary N) is 1. The number of sulfonamides is 1. The van der Waals surface area contributed by atoms with Crippen LogP contribution in [0.2, 0.25) is 0 Å². The van der Waals surface area contributed by atoms with Crippen LogP contribution in [0.4, 0.5) is 0 Å². The second kappa shape index (κ2) is 7.98. The Morgan fingerprint density at radius 1 is 1.17 bits per heavy atom. The Kier molecular flexibility index (Phi) is 5.38. The molecule has 0 bridgehead atoms. The van der Waals surface area contributed by atoms with Gasteiger partial charge in [0.15, 0.2) is 11.5 Å². The largest absolute Gasteiger partial charge is 0.486 e. The topological polar surface area (TPSA) is 97.3 Å². The highest BCUT2D eigenvalue weighted by Gasteiger charge is 2.32. The molecule has 1 amide bonds. The molecule has 2 aromatic carbocycles. The average molecular weight is 429 g/mol. The molecular weight excluding hydrogens is 406 g/mol. The van der Waals surface area contributed by atoms with E-state index in [4.69, 9.17) is 9.47 Å². The van der Waals surface area contributed by atoms with Crippen molar-refractivity contribution in [3.8, 4) is 11.5 Å². The van der Waals surface area contributed by atoms with Crippen LogP contribution in [0.15, 0.2) is 52.4 Å². The van der Waals surface area contributed by atoms with Crippen LogP contribution in [0, 0.1) is 0 Å². The summed E-state index contributed by atoms with van der Waals surface area (Å²) >= 11 is 0. The molecule has 0 unspecified atom stereocenters. The van der Waals surface area contributed by atoms with Gasteiger partial charge in [0.1, 0.15) is 25.1 Å². The minimum Gasteiger partial charge on any atom is -0.486 e. The third-order valence-corrected chi connectivity index (χ3v) is 6.44. The van der Waals surface area contributed by atoms with E-state index < -0.39 is 16.1 Å². The van der Waals surface area contributed by atoms with Crippen LogP contribution in [-0.2, 0) is 21.4 Å². The number of carbonyl (C=O) groups excluding carboxylic acids is 1. The van der Waals surface area contributed by atoms with Gasteiger partial charge >= 0.3 is 0 Å². The summed E-state index contributed by atoms with van der Waals surface area (Å²) < 4.78 is 38.3. The Labute approximate surface area is 175 Å². The number of carbonyl (C=O) groups is 1. The van der Waals surface area contributed by atoms with Crippen molar-refractivity contribution in [1.29, 1.82) is 0 Å². The van der Waals surface area contributed by atoms with E-state index in [-0.39, 0.29) is 16.6 Å². The molecule has 1 atom stereocenters. The third kappa shape index (κ3) is 3.72. The van der Waals surface area contributed by atoms with Crippen molar-refractivity contribution < 1.29 is 22.7 Å². The number of hydrogen-bond donors (Lipinski definition) is 1. The number of amides is 1. The first-order valence-electron chi connectivity index (χ1n) is 9.77. The lowest BCUT2D eigenvalue weighted by atomic mass is 10.1. The predicted molar refractivity (Wildman–Crippen MR) is 111 cm³/mol. The monoisotopic (exact) mass is 429 g/mol. The molecule has 1 N–H and O–H groups in total. The number of para-hydroxylation sites is 1. The summed E-state index contributed by atoms with van der Waals surface area (Å²) in [5.41, 5.74) is 1.33. The molecule has 0 aliphatic carbocycles. The van der Waals surface area contributed by atoms with Crippen molar-refractivity contribution in [2.24, 2.45) is 4.99 Å². The standard InChI is InChI=1S/C21H23N3O5S/c1-3-24(13-15-7-6-9-17-19(15)29-12-11-28-17)21(25)14(2)22-20-16-8-4-5-10-18(16)30(26,27)23-20/h4-10,14H,3,11-13H2,1-2H3,(H,22,23)/t14-/m0/s1. The summed E-state index contributed by atoms with van der Waals surface area (Å²) in [4.78, 5) is 19.3. The highest BCUT2D eigenvalue weighted by atomic mass is 32.2. The molecule has 2 aromatic rings. The molecule has 8 nitrogen and oxygen atoms in total. The van der Waals surface area contributed by atoms with Gasteiger partial charge < -0.3 is 14.4 Å². The minimum atomic E-state index is -3.65. The van der Waals surface area contributed by atoms with Crippen LogP contribution in [0.3, 0.4) is 0 Å². The molecule has 9 heteroatoms. The van der Waals surface area contributed by atoms with Crippen LogP contribution in [0.1, 0.15) is 25.0 Å². The smallest absolute Gasteiger partial charge is 0.263 e. The summed E-state index contributed by atoms with van der Waals surface area (Å²) in [6.07, 6.45) is 0. The Morgan fingerprint density at radius 2 is 1.93 bits per heavy atom. The van der Waals surface area contributed by atoms with Crippen molar-refractivity contribution in [3.05, 3.63) is 53.6 Å². The molecular formula is C21H23N3O5S. The van der Waals surface area contributed by atoms with Crippen LogP contribution in [0.5, 0.6) is 11.5 Å². The first-order chi connectivity index (χ1) is 14.4. The van der Waals surface area contributed by atoms with Crippen molar-refractivity contribution >= 4 is 21.8 Å². The van der Waals surface area contributed by atoms with E-state index in [0.29, 0.717) is 43.4 Å². The summed E-state index contributed by atoms with van der Waals surface area (Å²) in [6, 6.07) is 11.4. The van der Waals surface area contributed by atoms with Gasteiger partial charge in [-0.2, -0.15) is 0 Å².